The van der Waals surface area contributed by atoms with Crippen molar-refractivity contribution in [3.8, 4) is 5.75 Å². The lowest BCUT2D eigenvalue weighted by molar-refractivity contribution is 0.345. The van der Waals surface area contributed by atoms with Crippen molar-refractivity contribution in [1.29, 1.82) is 0 Å². The first-order valence-electron chi connectivity index (χ1n) is 4.54. The number of aryl methyl sites for hydroxylation is 1. The van der Waals surface area contributed by atoms with Crippen molar-refractivity contribution in [1.82, 2.24) is 0 Å². The highest BCUT2D eigenvalue weighted by Gasteiger charge is 2.09. The standard InChI is InChI=1S/C11H11ClOS/c1-3-13-10-9(12)5-4-8-6-7(2)14-11(8)10/h4-6H,3H2,1-2H3. The van der Waals surface area contributed by atoms with Gasteiger partial charge in [0, 0.05) is 4.88 Å². The minimum atomic E-state index is 0.649. The normalized spacial score (nSPS) is 10.8. The zero-order chi connectivity index (χ0) is 10.1. The highest BCUT2D eigenvalue weighted by Crippen LogP contribution is 2.38. The first-order chi connectivity index (χ1) is 6.72. The van der Waals surface area contributed by atoms with Crippen LogP contribution in [-0.4, -0.2) is 6.61 Å². The maximum absolute atomic E-state index is 6.07. The summed E-state index contributed by atoms with van der Waals surface area (Å²) in [6.07, 6.45) is 0. The van der Waals surface area contributed by atoms with E-state index in [0.717, 1.165) is 10.4 Å². The summed E-state index contributed by atoms with van der Waals surface area (Å²) < 4.78 is 6.69. The van der Waals surface area contributed by atoms with Crippen LogP contribution in [0.15, 0.2) is 18.2 Å². The molecule has 0 aliphatic rings. The second-order valence-corrected chi connectivity index (χ2v) is 4.75. The van der Waals surface area contributed by atoms with Gasteiger partial charge in [0.15, 0.2) is 5.75 Å². The van der Waals surface area contributed by atoms with Crippen molar-refractivity contribution in [2.45, 2.75) is 13.8 Å². The summed E-state index contributed by atoms with van der Waals surface area (Å²) in [6, 6.07) is 6.07. The molecule has 0 aliphatic carbocycles. The van der Waals surface area contributed by atoms with Gasteiger partial charge in [0.25, 0.3) is 0 Å². The Kier molecular flexibility index (Phi) is 2.66. The molecule has 0 saturated heterocycles. The van der Waals surface area contributed by atoms with Crippen LogP contribution in [-0.2, 0) is 0 Å². The van der Waals surface area contributed by atoms with Gasteiger partial charge >= 0.3 is 0 Å². The van der Waals surface area contributed by atoms with Gasteiger partial charge in [-0.2, -0.15) is 0 Å². The third-order valence-corrected chi connectivity index (χ3v) is 3.37. The average Bonchev–Trinajstić information content (AvgIpc) is 2.51. The summed E-state index contributed by atoms with van der Waals surface area (Å²) in [5.74, 6) is 0.824. The lowest BCUT2D eigenvalue weighted by Crippen LogP contribution is -1.91. The SMILES string of the molecule is CCOc1c(Cl)ccc2cc(C)sc12. The third-order valence-electron chi connectivity index (χ3n) is 2.01. The maximum atomic E-state index is 6.07. The highest BCUT2D eigenvalue weighted by atomic mass is 35.5. The van der Waals surface area contributed by atoms with Crippen LogP contribution in [0, 0.1) is 6.92 Å². The lowest BCUT2D eigenvalue weighted by atomic mass is 10.2. The molecule has 0 amide bonds. The fourth-order valence-corrected chi connectivity index (χ4v) is 2.74. The Morgan fingerprint density at radius 3 is 2.93 bits per heavy atom. The molecule has 0 bridgehead atoms. The first-order valence-corrected chi connectivity index (χ1v) is 5.73. The van der Waals surface area contributed by atoms with Crippen LogP contribution in [0.4, 0.5) is 0 Å². The summed E-state index contributed by atoms with van der Waals surface area (Å²) in [7, 11) is 0. The van der Waals surface area contributed by atoms with Crippen LogP contribution in [0.2, 0.25) is 5.02 Å². The minimum Gasteiger partial charge on any atom is -0.491 e. The largest absolute Gasteiger partial charge is 0.491 e. The predicted molar refractivity (Wildman–Crippen MR) is 62.7 cm³/mol. The molecule has 2 rings (SSSR count). The van der Waals surface area contributed by atoms with E-state index in [4.69, 9.17) is 16.3 Å². The van der Waals surface area contributed by atoms with Gasteiger partial charge in [-0.25, -0.2) is 0 Å². The summed E-state index contributed by atoms with van der Waals surface area (Å²) in [5, 5.41) is 1.90. The Bertz CT molecular complexity index is 462. The van der Waals surface area contributed by atoms with E-state index in [0.29, 0.717) is 11.6 Å². The van der Waals surface area contributed by atoms with E-state index < -0.39 is 0 Å². The first kappa shape index (κ1) is 9.81. The summed E-state index contributed by atoms with van der Waals surface area (Å²) >= 11 is 7.80. The van der Waals surface area contributed by atoms with Crippen LogP contribution in [0.5, 0.6) is 5.75 Å². The molecule has 1 heterocycles. The molecular weight excluding hydrogens is 216 g/mol. The Morgan fingerprint density at radius 1 is 1.43 bits per heavy atom. The van der Waals surface area contributed by atoms with Crippen molar-refractivity contribution in [3.63, 3.8) is 0 Å². The van der Waals surface area contributed by atoms with Gasteiger partial charge in [-0.15, -0.1) is 11.3 Å². The number of fused-ring (bicyclic) bond motifs is 1. The Hall–Kier alpha value is -0.730. The molecule has 0 atom stereocenters. The van der Waals surface area contributed by atoms with Crippen molar-refractivity contribution >= 4 is 33.0 Å². The zero-order valence-electron chi connectivity index (χ0n) is 8.13. The summed E-state index contributed by atoms with van der Waals surface area (Å²) in [5.41, 5.74) is 0. The molecule has 1 nitrogen and oxygen atoms in total. The second-order valence-electron chi connectivity index (χ2n) is 3.08. The van der Waals surface area contributed by atoms with E-state index in [1.807, 2.05) is 19.1 Å². The lowest BCUT2D eigenvalue weighted by Gasteiger charge is -2.05. The molecule has 0 spiro atoms. The van der Waals surface area contributed by atoms with Crippen molar-refractivity contribution < 1.29 is 4.74 Å². The molecule has 74 valence electrons. The summed E-state index contributed by atoms with van der Waals surface area (Å²) in [6.45, 7) is 4.71. The molecule has 0 aliphatic heterocycles. The van der Waals surface area contributed by atoms with E-state index in [9.17, 15) is 0 Å². The van der Waals surface area contributed by atoms with E-state index in [-0.39, 0.29) is 0 Å². The number of benzene rings is 1. The molecule has 0 N–H and O–H groups in total. The number of hydrogen-bond donors (Lipinski definition) is 0. The van der Waals surface area contributed by atoms with E-state index in [1.165, 1.54) is 10.3 Å². The Labute approximate surface area is 92.3 Å². The molecule has 0 saturated carbocycles. The Morgan fingerprint density at radius 2 is 2.21 bits per heavy atom. The van der Waals surface area contributed by atoms with Crippen LogP contribution in [0.25, 0.3) is 10.1 Å². The zero-order valence-corrected chi connectivity index (χ0v) is 9.71. The number of halogens is 1. The third kappa shape index (κ3) is 1.60. The fourth-order valence-electron chi connectivity index (χ4n) is 1.46. The number of thiophene rings is 1. The van der Waals surface area contributed by atoms with Crippen LogP contribution in [0.1, 0.15) is 11.8 Å². The molecule has 3 heteroatoms. The van der Waals surface area contributed by atoms with Gasteiger partial charge in [0.1, 0.15) is 0 Å². The molecule has 1 aromatic heterocycles. The fraction of sp³-hybridized carbons (Fsp3) is 0.273. The average molecular weight is 227 g/mol. The highest BCUT2D eigenvalue weighted by molar-refractivity contribution is 7.19. The van der Waals surface area contributed by atoms with Crippen LogP contribution >= 0.6 is 22.9 Å². The van der Waals surface area contributed by atoms with E-state index in [1.54, 1.807) is 11.3 Å². The van der Waals surface area contributed by atoms with Crippen molar-refractivity contribution in [2.75, 3.05) is 6.61 Å². The van der Waals surface area contributed by atoms with Crippen LogP contribution < -0.4 is 4.74 Å². The topological polar surface area (TPSA) is 9.23 Å². The monoisotopic (exact) mass is 226 g/mol. The molecule has 14 heavy (non-hydrogen) atoms. The van der Waals surface area contributed by atoms with Crippen LogP contribution in [0.3, 0.4) is 0 Å². The number of hydrogen-bond acceptors (Lipinski definition) is 2. The van der Waals surface area contributed by atoms with Gasteiger partial charge < -0.3 is 4.74 Å². The molecule has 0 fully saturated rings. The van der Waals surface area contributed by atoms with Gasteiger partial charge in [-0.1, -0.05) is 17.7 Å². The van der Waals surface area contributed by atoms with Crippen molar-refractivity contribution in [2.24, 2.45) is 0 Å². The van der Waals surface area contributed by atoms with Gasteiger partial charge in [-0.05, 0) is 31.4 Å². The quantitative estimate of drug-likeness (QED) is 0.744. The minimum absolute atomic E-state index is 0.649. The van der Waals surface area contributed by atoms with E-state index in [2.05, 4.69) is 13.0 Å². The maximum Gasteiger partial charge on any atom is 0.155 e. The van der Waals surface area contributed by atoms with Gasteiger partial charge in [0.05, 0.1) is 16.3 Å². The molecule has 2 aromatic rings. The number of ether oxygens (including phenoxy) is 1. The number of rotatable bonds is 2. The molecule has 0 unspecified atom stereocenters. The van der Waals surface area contributed by atoms with E-state index >= 15 is 0 Å². The summed E-state index contributed by atoms with van der Waals surface area (Å²) in [4.78, 5) is 1.28. The van der Waals surface area contributed by atoms with Gasteiger partial charge in [-0.3, -0.25) is 0 Å². The smallest absolute Gasteiger partial charge is 0.155 e. The second kappa shape index (κ2) is 3.79. The predicted octanol–water partition coefficient (Wildman–Crippen LogP) is 4.26. The molecule has 1 aromatic carbocycles. The molecule has 0 radical (unpaired) electrons. The van der Waals surface area contributed by atoms with Gasteiger partial charge in [0.2, 0.25) is 0 Å². The molecular formula is C11H11ClOS. The Balaban J connectivity index is 2.68. The van der Waals surface area contributed by atoms with Crippen molar-refractivity contribution in [3.05, 3.63) is 28.1 Å².